The van der Waals surface area contributed by atoms with Gasteiger partial charge in [0.05, 0.1) is 0 Å². The van der Waals surface area contributed by atoms with Crippen molar-refractivity contribution in [1.29, 1.82) is 0 Å². The zero-order valence-corrected chi connectivity index (χ0v) is 6.14. The molecule has 58 valence electrons. The van der Waals surface area contributed by atoms with E-state index in [4.69, 9.17) is 0 Å². The highest BCUT2D eigenvalue weighted by Gasteiger charge is 2.10. The van der Waals surface area contributed by atoms with E-state index in [1.807, 2.05) is 0 Å². The van der Waals surface area contributed by atoms with Crippen molar-refractivity contribution in [3.8, 4) is 0 Å². The van der Waals surface area contributed by atoms with Gasteiger partial charge in [0.2, 0.25) is 0 Å². The van der Waals surface area contributed by atoms with E-state index < -0.39 is 16.3 Å². The van der Waals surface area contributed by atoms with Gasteiger partial charge in [-0.25, -0.2) is 4.79 Å². The zero-order valence-electron chi connectivity index (χ0n) is 5.33. The maximum Gasteiger partial charge on any atom is 0.382 e. The molecule has 0 aromatic heterocycles. The fourth-order valence-corrected chi connectivity index (χ4v) is 0.530. The van der Waals surface area contributed by atoms with Crippen LogP contribution in [0.1, 0.15) is 6.92 Å². The lowest BCUT2D eigenvalue weighted by Gasteiger charge is -1.97. The summed E-state index contributed by atoms with van der Waals surface area (Å²) in [6.45, 7) is 4.46. The summed E-state index contributed by atoms with van der Waals surface area (Å²) < 4.78 is 23.8. The van der Waals surface area contributed by atoms with Gasteiger partial charge in [-0.2, -0.15) is 13.6 Å². The van der Waals surface area contributed by atoms with Crippen molar-refractivity contribution in [3.63, 3.8) is 0 Å². The lowest BCUT2D eigenvalue weighted by Crippen LogP contribution is -2.20. The van der Waals surface area contributed by atoms with E-state index in [0.717, 1.165) is 0 Å². The van der Waals surface area contributed by atoms with E-state index in [1.165, 1.54) is 6.92 Å². The molecule has 5 nitrogen and oxygen atoms in total. The molecule has 0 aliphatic rings. The maximum absolute atomic E-state index is 10.4. The first-order valence-corrected chi connectivity index (χ1v) is 3.72. The Morgan fingerprint density at radius 1 is 1.60 bits per heavy atom. The third kappa shape index (κ3) is 4.04. The molecule has 0 unspecified atom stereocenters. The molecule has 0 aromatic rings. The third-order valence-corrected chi connectivity index (χ3v) is 0.924. The molecule has 0 aliphatic carbocycles. The van der Waals surface area contributed by atoms with E-state index in [1.54, 1.807) is 0 Å². The second kappa shape index (κ2) is 2.80. The van der Waals surface area contributed by atoms with Crippen LogP contribution in [0.3, 0.4) is 0 Å². The van der Waals surface area contributed by atoms with Crippen molar-refractivity contribution in [1.82, 2.24) is 0 Å². The standard InChI is InChI=1S/C4H7NO4S/c1-3(2)4(6)9-10(5,7)8/h1H2,2H3,(H2,5,7,8). The lowest BCUT2D eigenvalue weighted by atomic mass is 10.4. The first kappa shape index (κ1) is 9.12. The molecule has 6 heteroatoms. The fourth-order valence-electron chi connectivity index (χ4n) is 0.177. The van der Waals surface area contributed by atoms with Crippen LogP contribution in [-0.2, 0) is 19.3 Å². The van der Waals surface area contributed by atoms with Crippen LogP contribution in [0.15, 0.2) is 12.2 Å². The van der Waals surface area contributed by atoms with E-state index in [0.29, 0.717) is 0 Å². The average Bonchev–Trinajstić information content (AvgIpc) is 1.60. The number of rotatable bonds is 2. The fraction of sp³-hybridized carbons (Fsp3) is 0.250. The van der Waals surface area contributed by atoms with E-state index in [-0.39, 0.29) is 5.57 Å². The van der Waals surface area contributed by atoms with Crippen LogP contribution in [0.25, 0.3) is 0 Å². The summed E-state index contributed by atoms with van der Waals surface area (Å²) in [7, 11) is -4.18. The van der Waals surface area contributed by atoms with Crippen molar-refractivity contribution in [2.75, 3.05) is 0 Å². The minimum Gasteiger partial charge on any atom is -0.330 e. The number of carbonyl (C=O) groups is 1. The van der Waals surface area contributed by atoms with Crippen LogP contribution >= 0.6 is 0 Å². The van der Waals surface area contributed by atoms with Crippen molar-refractivity contribution in [3.05, 3.63) is 12.2 Å². The summed E-state index contributed by atoms with van der Waals surface area (Å²) in [6, 6.07) is 0. The van der Waals surface area contributed by atoms with Gasteiger partial charge in [-0.15, -0.1) is 0 Å². The van der Waals surface area contributed by atoms with Crippen LogP contribution in [0.2, 0.25) is 0 Å². The summed E-state index contributed by atoms with van der Waals surface area (Å²) in [6.07, 6.45) is 0. The van der Waals surface area contributed by atoms with Gasteiger partial charge in [0, 0.05) is 5.57 Å². The van der Waals surface area contributed by atoms with Gasteiger partial charge in [0.15, 0.2) is 0 Å². The average molecular weight is 165 g/mol. The first-order chi connectivity index (χ1) is 4.33. The Morgan fingerprint density at radius 2 is 2.00 bits per heavy atom. The highest BCUT2D eigenvalue weighted by atomic mass is 32.2. The maximum atomic E-state index is 10.4. The largest absolute Gasteiger partial charge is 0.382 e. The van der Waals surface area contributed by atoms with Gasteiger partial charge in [-0.1, -0.05) is 6.58 Å². The molecule has 0 heterocycles. The molecule has 0 fully saturated rings. The van der Waals surface area contributed by atoms with Crippen LogP contribution in [0, 0.1) is 0 Å². The van der Waals surface area contributed by atoms with Gasteiger partial charge in [-0.3, -0.25) is 0 Å². The second-order valence-corrected chi connectivity index (χ2v) is 2.80. The van der Waals surface area contributed by atoms with Crippen molar-refractivity contribution < 1.29 is 17.4 Å². The third-order valence-electron chi connectivity index (χ3n) is 0.540. The Balaban J connectivity index is 4.21. The molecule has 0 saturated carbocycles. The van der Waals surface area contributed by atoms with E-state index in [9.17, 15) is 13.2 Å². The van der Waals surface area contributed by atoms with Gasteiger partial charge in [0.1, 0.15) is 0 Å². The summed E-state index contributed by atoms with van der Waals surface area (Å²) in [5, 5.41) is 4.36. The molecule has 0 radical (unpaired) electrons. The molecule has 0 amide bonds. The summed E-state index contributed by atoms with van der Waals surface area (Å²) >= 11 is 0. The number of nitrogens with two attached hydrogens (primary N) is 1. The molecule has 2 N–H and O–H groups in total. The van der Waals surface area contributed by atoms with Crippen LogP contribution < -0.4 is 5.14 Å². The van der Waals surface area contributed by atoms with Gasteiger partial charge in [-0.05, 0) is 6.92 Å². The Morgan fingerprint density at radius 3 is 2.10 bits per heavy atom. The van der Waals surface area contributed by atoms with Crippen LogP contribution in [0.4, 0.5) is 0 Å². The Bertz CT molecular complexity index is 252. The summed E-state index contributed by atoms with van der Waals surface area (Å²) in [4.78, 5) is 10.4. The molecule has 0 bridgehead atoms. The van der Waals surface area contributed by atoms with Crippen LogP contribution in [0.5, 0.6) is 0 Å². The molecular weight excluding hydrogens is 158 g/mol. The molecule has 0 atom stereocenters. The quantitative estimate of drug-likeness (QED) is 0.548. The molecule has 0 spiro atoms. The smallest absolute Gasteiger partial charge is 0.330 e. The van der Waals surface area contributed by atoms with Gasteiger partial charge >= 0.3 is 16.3 Å². The number of hydrogen-bond acceptors (Lipinski definition) is 4. The normalized spacial score (nSPS) is 10.6. The highest BCUT2D eigenvalue weighted by molar-refractivity contribution is 7.84. The predicted octanol–water partition coefficient (Wildman–Crippen LogP) is -0.691. The van der Waals surface area contributed by atoms with Crippen molar-refractivity contribution in [2.45, 2.75) is 6.92 Å². The number of hydrogen-bond donors (Lipinski definition) is 1. The van der Waals surface area contributed by atoms with Gasteiger partial charge in [0.25, 0.3) is 0 Å². The van der Waals surface area contributed by atoms with Crippen LogP contribution in [-0.4, -0.2) is 14.4 Å². The zero-order chi connectivity index (χ0) is 8.36. The lowest BCUT2D eigenvalue weighted by molar-refractivity contribution is -0.129. The summed E-state index contributed by atoms with van der Waals surface area (Å²) in [5.74, 6) is -1.04. The Kier molecular flexibility index (Phi) is 2.56. The number of carbonyl (C=O) groups excluding carboxylic acids is 1. The van der Waals surface area contributed by atoms with E-state index in [2.05, 4.69) is 15.9 Å². The highest BCUT2D eigenvalue weighted by Crippen LogP contribution is 1.93. The van der Waals surface area contributed by atoms with E-state index >= 15 is 0 Å². The Hall–Kier alpha value is -0.880. The minimum atomic E-state index is -4.18. The van der Waals surface area contributed by atoms with Crippen molar-refractivity contribution >= 4 is 16.3 Å². The molecule has 0 aromatic carbocycles. The molecule has 10 heavy (non-hydrogen) atoms. The monoisotopic (exact) mass is 165 g/mol. The second-order valence-electron chi connectivity index (χ2n) is 1.64. The predicted molar refractivity (Wildman–Crippen MR) is 34.0 cm³/mol. The molecule has 0 aliphatic heterocycles. The SMILES string of the molecule is C=C(C)C(=O)OS(N)(=O)=O. The minimum absolute atomic E-state index is 0.0194. The van der Waals surface area contributed by atoms with Gasteiger partial charge < -0.3 is 4.18 Å². The van der Waals surface area contributed by atoms with Crippen molar-refractivity contribution in [2.24, 2.45) is 5.14 Å². The topological polar surface area (TPSA) is 86.5 Å². The molecular formula is C4H7NO4S. The molecule has 0 rings (SSSR count). The first-order valence-electron chi connectivity index (χ1n) is 2.25. The Labute approximate surface area is 58.7 Å². The summed E-state index contributed by atoms with van der Waals surface area (Å²) in [5.41, 5.74) is -0.0194. The molecule has 0 saturated heterocycles.